The molecule has 1 aromatic carbocycles. The van der Waals surface area contributed by atoms with Crippen LogP contribution in [0.4, 0.5) is 14.6 Å². The van der Waals surface area contributed by atoms with Gasteiger partial charge in [0.2, 0.25) is 5.91 Å². The average Bonchev–Trinajstić information content (AvgIpc) is 2.74. The first-order valence-corrected chi connectivity index (χ1v) is 9.23. The summed E-state index contributed by atoms with van der Waals surface area (Å²) in [5.41, 5.74) is 0.0757. The molecule has 148 valence electrons. The molecule has 1 amide bonds. The van der Waals surface area contributed by atoms with Gasteiger partial charge in [-0.05, 0) is 25.1 Å². The predicted octanol–water partition coefficient (Wildman–Crippen LogP) is 3.19. The van der Waals surface area contributed by atoms with Gasteiger partial charge in [-0.25, -0.2) is 18.7 Å². The van der Waals surface area contributed by atoms with Crippen molar-refractivity contribution in [1.29, 1.82) is 0 Å². The normalized spacial score (nSPS) is 16.9. The van der Waals surface area contributed by atoms with Crippen molar-refractivity contribution in [1.82, 2.24) is 19.9 Å². The number of hydrogen-bond acceptors (Lipinski definition) is 5. The molecule has 1 fully saturated rings. The van der Waals surface area contributed by atoms with Gasteiger partial charge in [0.25, 0.3) is 0 Å². The largest absolute Gasteiger partial charge is 0.350 e. The van der Waals surface area contributed by atoms with Gasteiger partial charge in [0, 0.05) is 37.4 Å². The van der Waals surface area contributed by atoms with Crippen LogP contribution in [-0.2, 0) is 4.79 Å². The molecule has 0 spiro atoms. The number of carbonyl (C=O) groups is 1. The van der Waals surface area contributed by atoms with Gasteiger partial charge in [0.1, 0.15) is 29.2 Å². The van der Waals surface area contributed by atoms with Crippen molar-refractivity contribution in [3.63, 3.8) is 0 Å². The van der Waals surface area contributed by atoms with Crippen LogP contribution in [0.3, 0.4) is 0 Å². The Kier molecular flexibility index (Phi) is 4.92. The van der Waals surface area contributed by atoms with E-state index >= 15 is 4.39 Å². The smallest absolute Gasteiger partial charge is 0.246 e. The summed E-state index contributed by atoms with van der Waals surface area (Å²) in [5, 5.41) is 0.445. The molecule has 0 bridgehead atoms. The Bertz CT molecular complexity index is 1100. The Morgan fingerprint density at radius 1 is 1.21 bits per heavy atom. The zero-order chi connectivity index (χ0) is 20.5. The lowest BCUT2D eigenvalue weighted by molar-refractivity contribution is -0.126. The van der Waals surface area contributed by atoms with Crippen LogP contribution in [-0.4, -0.2) is 51.4 Å². The number of carbonyl (C=O) groups excluding carboxylic acids is 1. The molecule has 1 atom stereocenters. The second-order valence-corrected chi connectivity index (χ2v) is 6.89. The quantitative estimate of drug-likeness (QED) is 0.638. The van der Waals surface area contributed by atoms with Crippen LogP contribution in [0, 0.1) is 11.6 Å². The minimum Gasteiger partial charge on any atom is -0.350 e. The molecular formula is C21H19F2N5O. The van der Waals surface area contributed by atoms with Gasteiger partial charge in [-0.2, -0.15) is 0 Å². The standard InChI is InChI=1S/C21H19F2N5O/c1-3-17(29)27-8-9-28(13(2)11-27)21-15-10-24-19(14-6-4-5-7-16(14)22)18(23)20(15)25-12-26-21/h3-7,10,12-13H,1,8-9,11H2,2H3/t13-/m0/s1. The Balaban J connectivity index is 1.74. The fraction of sp³-hybridized carbons (Fsp3) is 0.238. The average molecular weight is 395 g/mol. The summed E-state index contributed by atoms with van der Waals surface area (Å²) in [6.07, 6.45) is 4.06. The molecule has 1 aliphatic rings. The Morgan fingerprint density at radius 3 is 2.72 bits per heavy atom. The molecule has 8 heteroatoms. The number of piperazine rings is 1. The molecule has 2 aromatic heterocycles. The number of aromatic nitrogens is 3. The molecule has 0 aliphatic carbocycles. The van der Waals surface area contributed by atoms with Crippen molar-refractivity contribution < 1.29 is 13.6 Å². The lowest BCUT2D eigenvalue weighted by atomic mass is 10.1. The minimum absolute atomic E-state index is 0.0416. The second-order valence-electron chi connectivity index (χ2n) is 6.89. The second kappa shape index (κ2) is 7.54. The van der Waals surface area contributed by atoms with Crippen molar-refractivity contribution in [2.24, 2.45) is 0 Å². The number of amides is 1. The van der Waals surface area contributed by atoms with Crippen LogP contribution in [0.25, 0.3) is 22.2 Å². The first-order valence-electron chi connectivity index (χ1n) is 9.23. The molecule has 0 radical (unpaired) electrons. The fourth-order valence-corrected chi connectivity index (χ4v) is 3.65. The number of rotatable bonds is 3. The van der Waals surface area contributed by atoms with Gasteiger partial charge in [0.05, 0.1) is 5.39 Å². The van der Waals surface area contributed by atoms with Crippen LogP contribution in [0.15, 0.2) is 49.4 Å². The zero-order valence-electron chi connectivity index (χ0n) is 15.8. The van der Waals surface area contributed by atoms with E-state index in [-0.39, 0.29) is 28.7 Å². The van der Waals surface area contributed by atoms with Crippen LogP contribution in [0.1, 0.15) is 6.92 Å². The first kappa shape index (κ1) is 18.9. The number of pyridine rings is 1. The Morgan fingerprint density at radius 2 is 2.00 bits per heavy atom. The molecule has 4 rings (SSSR count). The van der Waals surface area contributed by atoms with E-state index in [1.54, 1.807) is 11.0 Å². The van der Waals surface area contributed by atoms with Crippen LogP contribution in [0.5, 0.6) is 0 Å². The van der Waals surface area contributed by atoms with Crippen LogP contribution in [0.2, 0.25) is 0 Å². The number of anilines is 1. The van der Waals surface area contributed by atoms with Crippen molar-refractivity contribution in [2.45, 2.75) is 13.0 Å². The fourth-order valence-electron chi connectivity index (χ4n) is 3.65. The van der Waals surface area contributed by atoms with Gasteiger partial charge < -0.3 is 9.80 Å². The predicted molar refractivity (Wildman–Crippen MR) is 106 cm³/mol. The number of nitrogens with zero attached hydrogens (tertiary/aromatic N) is 5. The Labute approximate surface area is 166 Å². The number of fused-ring (bicyclic) bond motifs is 1. The van der Waals surface area contributed by atoms with Gasteiger partial charge in [-0.15, -0.1) is 0 Å². The minimum atomic E-state index is -0.690. The molecule has 3 heterocycles. The van der Waals surface area contributed by atoms with Crippen molar-refractivity contribution >= 4 is 22.6 Å². The van der Waals surface area contributed by atoms with E-state index < -0.39 is 11.6 Å². The summed E-state index contributed by atoms with van der Waals surface area (Å²) < 4.78 is 29.3. The highest BCUT2D eigenvalue weighted by atomic mass is 19.1. The molecule has 6 nitrogen and oxygen atoms in total. The topological polar surface area (TPSA) is 62.2 Å². The van der Waals surface area contributed by atoms with Crippen LogP contribution >= 0.6 is 0 Å². The molecule has 1 aliphatic heterocycles. The lowest BCUT2D eigenvalue weighted by Crippen LogP contribution is -2.53. The van der Waals surface area contributed by atoms with Gasteiger partial charge in [-0.1, -0.05) is 18.7 Å². The van der Waals surface area contributed by atoms with Crippen molar-refractivity contribution in [2.75, 3.05) is 24.5 Å². The maximum Gasteiger partial charge on any atom is 0.246 e. The summed E-state index contributed by atoms with van der Waals surface area (Å²) in [4.78, 5) is 28.2. The van der Waals surface area contributed by atoms with E-state index in [4.69, 9.17) is 0 Å². The van der Waals surface area contributed by atoms with E-state index in [0.717, 1.165) is 0 Å². The van der Waals surface area contributed by atoms with Crippen molar-refractivity contribution in [3.05, 3.63) is 61.1 Å². The lowest BCUT2D eigenvalue weighted by Gasteiger charge is -2.40. The van der Waals surface area contributed by atoms with Crippen LogP contribution < -0.4 is 4.90 Å². The molecule has 0 N–H and O–H groups in total. The summed E-state index contributed by atoms with van der Waals surface area (Å²) >= 11 is 0. The molecule has 1 saturated heterocycles. The third-order valence-corrected chi connectivity index (χ3v) is 5.12. The Hall–Kier alpha value is -3.42. The highest BCUT2D eigenvalue weighted by Gasteiger charge is 2.28. The molecule has 0 saturated carbocycles. The maximum absolute atomic E-state index is 15.2. The van der Waals surface area contributed by atoms with E-state index in [2.05, 4.69) is 21.5 Å². The van der Waals surface area contributed by atoms with E-state index in [9.17, 15) is 9.18 Å². The molecule has 3 aromatic rings. The van der Waals surface area contributed by atoms with Gasteiger partial charge in [0.15, 0.2) is 5.82 Å². The highest BCUT2D eigenvalue weighted by Crippen LogP contribution is 2.32. The number of halogens is 2. The molecular weight excluding hydrogens is 376 g/mol. The zero-order valence-corrected chi connectivity index (χ0v) is 15.8. The highest BCUT2D eigenvalue weighted by molar-refractivity contribution is 5.92. The monoisotopic (exact) mass is 395 g/mol. The summed E-state index contributed by atoms with van der Waals surface area (Å²) in [6, 6.07) is 5.86. The SMILES string of the molecule is C=CC(=O)N1CCN(c2ncnc3c(F)c(-c4ccccc4F)ncc23)[C@@H](C)C1. The van der Waals surface area contributed by atoms with E-state index in [1.165, 1.54) is 36.8 Å². The number of hydrogen-bond donors (Lipinski definition) is 0. The van der Waals surface area contributed by atoms with Crippen molar-refractivity contribution in [3.8, 4) is 11.3 Å². The summed E-state index contributed by atoms with van der Waals surface area (Å²) in [7, 11) is 0. The molecule has 0 unspecified atom stereocenters. The van der Waals surface area contributed by atoms with Gasteiger partial charge >= 0.3 is 0 Å². The first-order chi connectivity index (χ1) is 14.0. The third kappa shape index (κ3) is 3.30. The van der Waals surface area contributed by atoms with Gasteiger partial charge in [-0.3, -0.25) is 9.78 Å². The summed E-state index contributed by atoms with van der Waals surface area (Å²) in [5.74, 6) is -0.820. The van der Waals surface area contributed by atoms with E-state index in [1.807, 2.05) is 11.8 Å². The third-order valence-electron chi connectivity index (χ3n) is 5.12. The maximum atomic E-state index is 15.2. The molecule has 29 heavy (non-hydrogen) atoms. The number of benzene rings is 1. The van der Waals surface area contributed by atoms with E-state index in [0.29, 0.717) is 30.8 Å². The summed E-state index contributed by atoms with van der Waals surface area (Å²) in [6.45, 7) is 7.03.